The molecule has 0 fully saturated rings. The summed E-state index contributed by atoms with van der Waals surface area (Å²) >= 11 is 0. The molecular weight excluding hydrogens is 418 g/mol. The number of nitro groups is 1. The highest BCUT2D eigenvalue weighted by atomic mass is 16.6. The van der Waals surface area contributed by atoms with E-state index in [1.54, 1.807) is 12.2 Å². The van der Waals surface area contributed by atoms with Crippen molar-refractivity contribution in [3.63, 3.8) is 0 Å². The van der Waals surface area contributed by atoms with Crippen LogP contribution in [0.4, 0.5) is 0 Å². The lowest BCUT2D eigenvalue weighted by Gasteiger charge is -2.11. The van der Waals surface area contributed by atoms with Gasteiger partial charge in [0.15, 0.2) is 0 Å². The molecule has 6 heteroatoms. The Morgan fingerprint density at radius 2 is 2.12 bits per heavy atom. The highest BCUT2D eigenvalue weighted by Gasteiger charge is 2.11. The number of hydrogen-bond donors (Lipinski definition) is 0. The lowest BCUT2D eigenvalue weighted by molar-refractivity contribution is -0.418. The van der Waals surface area contributed by atoms with Crippen molar-refractivity contribution in [2.75, 3.05) is 7.11 Å². The van der Waals surface area contributed by atoms with Gasteiger partial charge in [0, 0.05) is 18.6 Å². The molecule has 33 heavy (non-hydrogen) atoms. The predicted molar refractivity (Wildman–Crippen MR) is 131 cm³/mol. The number of hydrogen-bond acceptors (Lipinski definition) is 5. The molecule has 0 aliphatic heterocycles. The minimum Gasteiger partial charge on any atom is -0.469 e. The predicted octanol–water partition coefficient (Wildman–Crippen LogP) is 6.11. The van der Waals surface area contributed by atoms with E-state index >= 15 is 0 Å². The van der Waals surface area contributed by atoms with Crippen LogP contribution in [0.25, 0.3) is 5.57 Å². The zero-order chi connectivity index (χ0) is 23.9. The fourth-order valence-corrected chi connectivity index (χ4v) is 3.18. The molecule has 1 aliphatic carbocycles. The van der Waals surface area contributed by atoms with Crippen LogP contribution in [-0.4, -0.2) is 24.1 Å². The molecule has 1 aromatic carbocycles. The Labute approximate surface area is 195 Å². The summed E-state index contributed by atoms with van der Waals surface area (Å²) in [6.07, 6.45) is 21.1. The van der Waals surface area contributed by atoms with E-state index in [2.05, 4.69) is 4.74 Å². The summed E-state index contributed by atoms with van der Waals surface area (Å²) in [6, 6.07) is 7.87. The largest absolute Gasteiger partial charge is 0.469 e. The Bertz CT molecular complexity index is 982. The van der Waals surface area contributed by atoms with Gasteiger partial charge in [-0.25, -0.2) is 0 Å². The molecule has 6 nitrogen and oxygen atoms in total. The molecule has 0 N–H and O–H groups in total. The third-order valence-electron chi connectivity index (χ3n) is 4.89. The second-order valence-electron chi connectivity index (χ2n) is 7.41. The van der Waals surface area contributed by atoms with Crippen molar-refractivity contribution in [3.8, 4) is 0 Å². The van der Waals surface area contributed by atoms with Crippen molar-refractivity contribution >= 4 is 11.5 Å². The number of ether oxygens (including phenoxy) is 2. The van der Waals surface area contributed by atoms with Gasteiger partial charge in [0.05, 0.1) is 24.7 Å². The molecule has 0 radical (unpaired) electrons. The molecule has 2 rings (SSSR count). The monoisotopic (exact) mass is 449 g/mol. The van der Waals surface area contributed by atoms with Gasteiger partial charge in [0.2, 0.25) is 0 Å². The van der Waals surface area contributed by atoms with E-state index in [9.17, 15) is 14.9 Å². The van der Waals surface area contributed by atoms with Crippen LogP contribution in [-0.2, 0) is 20.9 Å². The van der Waals surface area contributed by atoms with Gasteiger partial charge >= 0.3 is 5.97 Å². The second kappa shape index (κ2) is 14.5. The Morgan fingerprint density at radius 3 is 2.88 bits per heavy atom. The Morgan fingerprint density at radius 1 is 1.27 bits per heavy atom. The quantitative estimate of drug-likeness (QED) is 0.0961. The molecule has 1 atom stereocenters. The molecule has 0 heterocycles. The van der Waals surface area contributed by atoms with Crippen molar-refractivity contribution < 1.29 is 19.2 Å². The van der Waals surface area contributed by atoms with Gasteiger partial charge in [0.25, 0.3) is 5.70 Å². The average molecular weight is 450 g/mol. The Hall–Kier alpha value is -3.51. The summed E-state index contributed by atoms with van der Waals surface area (Å²) in [6.45, 7) is 2.35. The SMILES string of the molecule is C/C=C\C(C=C/C=C/CCCC(=O)OC)OCc1cccc(C2=CCC=CC([N+](=O)[O-])=C2)c1. The van der Waals surface area contributed by atoms with E-state index in [0.29, 0.717) is 19.4 Å². The van der Waals surface area contributed by atoms with Gasteiger partial charge in [0.1, 0.15) is 0 Å². The number of carbonyl (C=O) groups is 1. The maximum atomic E-state index is 11.2. The van der Waals surface area contributed by atoms with Gasteiger partial charge < -0.3 is 9.47 Å². The summed E-state index contributed by atoms with van der Waals surface area (Å²) < 4.78 is 10.7. The van der Waals surface area contributed by atoms with Crippen LogP contribution in [0, 0.1) is 10.1 Å². The molecule has 0 aromatic heterocycles. The van der Waals surface area contributed by atoms with Gasteiger partial charge in [-0.2, -0.15) is 0 Å². The third-order valence-corrected chi connectivity index (χ3v) is 4.89. The lowest BCUT2D eigenvalue weighted by Crippen LogP contribution is -2.06. The van der Waals surface area contributed by atoms with E-state index in [0.717, 1.165) is 29.5 Å². The highest BCUT2D eigenvalue weighted by Crippen LogP contribution is 2.23. The second-order valence-corrected chi connectivity index (χ2v) is 7.41. The molecule has 1 unspecified atom stereocenters. The van der Waals surface area contributed by atoms with Gasteiger partial charge in [-0.15, -0.1) is 0 Å². The van der Waals surface area contributed by atoms with E-state index in [4.69, 9.17) is 4.74 Å². The first kappa shape index (κ1) is 25.7. The number of methoxy groups -OCH3 is 1. The van der Waals surface area contributed by atoms with E-state index in [1.165, 1.54) is 13.2 Å². The molecule has 0 saturated heterocycles. The van der Waals surface area contributed by atoms with Crippen LogP contribution in [0.1, 0.15) is 43.7 Å². The number of benzene rings is 1. The number of esters is 1. The minimum atomic E-state index is -0.371. The number of unbranched alkanes of at least 4 members (excludes halogenated alkanes) is 1. The van der Waals surface area contributed by atoms with Gasteiger partial charge in [-0.1, -0.05) is 66.8 Å². The van der Waals surface area contributed by atoms with Crippen LogP contribution in [0.2, 0.25) is 0 Å². The fourth-order valence-electron chi connectivity index (χ4n) is 3.18. The first-order chi connectivity index (χ1) is 16.0. The number of carbonyl (C=O) groups excluding carboxylic acids is 1. The summed E-state index contributed by atoms with van der Waals surface area (Å²) in [4.78, 5) is 21.9. The number of nitrogens with zero attached hydrogens (tertiary/aromatic N) is 1. The molecule has 174 valence electrons. The summed E-state index contributed by atoms with van der Waals surface area (Å²) in [5, 5.41) is 11.2. The summed E-state index contributed by atoms with van der Waals surface area (Å²) in [7, 11) is 1.40. The van der Waals surface area contributed by atoms with Crippen molar-refractivity contribution in [3.05, 3.63) is 112 Å². The van der Waals surface area contributed by atoms with Crippen LogP contribution in [0.15, 0.2) is 90.7 Å². The highest BCUT2D eigenvalue weighted by molar-refractivity contribution is 5.75. The van der Waals surface area contributed by atoms with Crippen molar-refractivity contribution in [2.24, 2.45) is 0 Å². The first-order valence-corrected chi connectivity index (χ1v) is 11.0. The van der Waals surface area contributed by atoms with Crippen LogP contribution < -0.4 is 0 Å². The fraction of sp³-hybridized carbons (Fsp3) is 0.296. The smallest absolute Gasteiger partial charge is 0.305 e. The first-order valence-electron chi connectivity index (χ1n) is 11.0. The molecule has 1 aromatic rings. The number of rotatable bonds is 12. The maximum absolute atomic E-state index is 11.2. The van der Waals surface area contributed by atoms with E-state index < -0.39 is 0 Å². The standard InChI is InChI=1S/C27H31NO5/c1-3-12-26(17-7-5-4-6-8-18-27(29)32-2)33-21-22-13-11-15-23(19-22)24-14-9-10-16-25(20-24)28(30)31/h3-5,7,10-17,19-20,26H,6,8-9,18,21H2,1-2H3/b5-4+,12-3-,17-7?. The average Bonchev–Trinajstić information content (AvgIpc) is 3.08. The zero-order valence-corrected chi connectivity index (χ0v) is 19.2. The third kappa shape index (κ3) is 9.66. The molecular formula is C27H31NO5. The van der Waals surface area contributed by atoms with Crippen molar-refractivity contribution in [2.45, 2.75) is 45.3 Å². The maximum Gasteiger partial charge on any atom is 0.305 e. The van der Waals surface area contributed by atoms with Crippen LogP contribution >= 0.6 is 0 Å². The molecule has 0 saturated carbocycles. The van der Waals surface area contributed by atoms with E-state index in [1.807, 2.05) is 73.7 Å². The van der Waals surface area contributed by atoms with Crippen LogP contribution in [0.3, 0.4) is 0 Å². The topological polar surface area (TPSA) is 78.7 Å². The van der Waals surface area contributed by atoms with Crippen molar-refractivity contribution in [1.82, 2.24) is 0 Å². The Balaban J connectivity index is 1.95. The summed E-state index contributed by atoms with van der Waals surface area (Å²) in [5.41, 5.74) is 2.82. The van der Waals surface area contributed by atoms with Crippen molar-refractivity contribution in [1.29, 1.82) is 0 Å². The summed E-state index contributed by atoms with van der Waals surface area (Å²) in [5.74, 6) is -0.189. The Kier molecular flexibility index (Phi) is 11.3. The molecule has 1 aliphatic rings. The van der Waals surface area contributed by atoms with E-state index in [-0.39, 0.29) is 22.7 Å². The number of allylic oxidation sites excluding steroid dienone is 9. The minimum absolute atomic E-state index is 0.0806. The zero-order valence-electron chi connectivity index (χ0n) is 19.2. The van der Waals surface area contributed by atoms with Crippen LogP contribution in [0.5, 0.6) is 0 Å². The molecule has 0 amide bonds. The van der Waals surface area contributed by atoms with Gasteiger partial charge in [-0.3, -0.25) is 14.9 Å². The van der Waals surface area contributed by atoms with Gasteiger partial charge in [-0.05, 0) is 49.0 Å². The molecule has 0 bridgehead atoms. The normalized spacial score (nSPS) is 15.0. The lowest BCUT2D eigenvalue weighted by atomic mass is 10.0. The molecule has 0 spiro atoms.